The predicted molar refractivity (Wildman–Crippen MR) is 175 cm³/mol. The molecule has 5 aromatic rings. The Bertz CT molecular complexity index is 1590. The van der Waals surface area contributed by atoms with E-state index in [1.54, 1.807) is 0 Å². The van der Waals surface area contributed by atoms with Crippen LogP contribution in [-0.4, -0.2) is 22.6 Å². The van der Waals surface area contributed by atoms with E-state index in [9.17, 15) is 4.79 Å². The van der Waals surface area contributed by atoms with Gasteiger partial charge >= 0.3 is 0 Å². The lowest BCUT2D eigenvalue weighted by Crippen LogP contribution is -2.19. The number of thioether (sulfide) groups is 1. The minimum atomic E-state index is -0.487. The fourth-order valence-electron chi connectivity index (χ4n) is 4.02. The quantitative estimate of drug-likeness (QED) is 0.110. The van der Waals surface area contributed by atoms with Gasteiger partial charge in [-0.1, -0.05) is 54.6 Å². The Morgan fingerprint density at radius 3 is 2.29 bits per heavy atom. The van der Waals surface area contributed by atoms with Crippen molar-refractivity contribution in [3.05, 3.63) is 120 Å². The number of aromatic nitrogens is 1. The minimum absolute atomic E-state index is 0.145. The van der Waals surface area contributed by atoms with Gasteiger partial charge in [0.25, 0.3) is 0 Å². The van der Waals surface area contributed by atoms with Gasteiger partial charge in [0.2, 0.25) is 5.91 Å². The minimum Gasteiger partial charge on any atom is -0.494 e. The molecule has 1 atom stereocenters. The summed E-state index contributed by atoms with van der Waals surface area (Å²) in [5.74, 6) is 0.671. The predicted octanol–water partition coefficient (Wildman–Crippen LogP) is 8.49. The van der Waals surface area contributed by atoms with E-state index in [0.717, 1.165) is 38.8 Å². The molecule has 0 aliphatic heterocycles. The maximum Gasteiger partial charge on any atom is 0.244 e. The van der Waals surface area contributed by atoms with Crippen molar-refractivity contribution in [3.8, 4) is 17.0 Å². The molecule has 6 nitrogen and oxygen atoms in total. The molecule has 9 heteroatoms. The van der Waals surface area contributed by atoms with Crippen LogP contribution in [0.3, 0.4) is 0 Å². The van der Waals surface area contributed by atoms with Crippen molar-refractivity contribution in [3.63, 3.8) is 0 Å². The fourth-order valence-corrected chi connectivity index (χ4v) is 6.06. The van der Waals surface area contributed by atoms with Gasteiger partial charge in [0.1, 0.15) is 11.0 Å². The largest absolute Gasteiger partial charge is 0.494 e. The first-order chi connectivity index (χ1) is 20.1. The molecule has 0 aliphatic carbocycles. The van der Waals surface area contributed by atoms with E-state index in [2.05, 4.69) is 20.9 Å². The van der Waals surface area contributed by atoms with Gasteiger partial charge in [0, 0.05) is 27.2 Å². The van der Waals surface area contributed by atoms with Crippen molar-refractivity contribution in [2.75, 3.05) is 22.6 Å². The van der Waals surface area contributed by atoms with Gasteiger partial charge in [-0.15, -0.1) is 23.1 Å². The van der Waals surface area contributed by atoms with Crippen molar-refractivity contribution >= 4 is 62.8 Å². The number of hydrogen-bond donors (Lipinski definition) is 3. The molecule has 0 saturated carbocycles. The van der Waals surface area contributed by atoms with E-state index in [-0.39, 0.29) is 5.91 Å². The van der Waals surface area contributed by atoms with Crippen LogP contribution in [0.2, 0.25) is 0 Å². The Hall–Kier alpha value is -4.18. The van der Waals surface area contributed by atoms with Crippen LogP contribution in [0.15, 0.2) is 119 Å². The number of nitrogens with zero attached hydrogens (tertiary/aromatic N) is 1. The van der Waals surface area contributed by atoms with Crippen molar-refractivity contribution in [1.82, 2.24) is 4.98 Å². The summed E-state index contributed by atoms with van der Waals surface area (Å²) in [5.41, 5.74) is 4.40. The van der Waals surface area contributed by atoms with E-state index in [4.69, 9.17) is 17.0 Å². The molecule has 1 heterocycles. The summed E-state index contributed by atoms with van der Waals surface area (Å²) >= 11 is 8.36. The fraction of sp³-hybridized carbons (Fsp3) is 0.0938. The zero-order valence-electron chi connectivity index (χ0n) is 22.2. The van der Waals surface area contributed by atoms with Crippen LogP contribution in [0, 0.1) is 0 Å². The summed E-state index contributed by atoms with van der Waals surface area (Å²) < 4.78 is 5.53. The van der Waals surface area contributed by atoms with E-state index < -0.39 is 5.25 Å². The highest BCUT2D eigenvalue weighted by atomic mass is 32.2. The van der Waals surface area contributed by atoms with Crippen molar-refractivity contribution in [2.24, 2.45) is 0 Å². The zero-order valence-corrected chi connectivity index (χ0v) is 24.7. The monoisotopic (exact) mass is 596 g/mol. The first kappa shape index (κ1) is 28.4. The first-order valence-electron chi connectivity index (χ1n) is 13.0. The number of thiocarbonyl (C=S) groups is 1. The number of carbonyl (C=O) groups is 1. The van der Waals surface area contributed by atoms with Crippen LogP contribution >= 0.6 is 35.3 Å². The second kappa shape index (κ2) is 13.9. The third kappa shape index (κ3) is 7.94. The van der Waals surface area contributed by atoms with Crippen molar-refractivity contribution in [2.45, 2.75) is 17.1 Å². The van der Waals surface area contributed by atoms with E-state index in [1.807, 2.05) is 121 Å². The van der Waals surface area contributed by atoms with Gasteiger partial charge in [-0.3, -0.25) is 4.79 Å². The first-order valence-corrected chi connectivity index (χ1v) is 15.2. The molecule has 1 amide bonds. The van der Waals surface area contributed by atoms with E-state index >= 15 is 0 Å². The molecule has 0 saturated heterocycles. The lowest BCUT2D eigenvalue weighted by molar-refractivity contribution is -0.115. The average Bonchev–Trinajstić information content (AvgIpc) is 3.46. The molecule has 1 unspecified atom stereocenters. The van der Waals surface area contributed by atoms with E-state index in [1.165, 1.54) is 23.1 Å². The Labute approximate surface area is 253 Å². The van der Waals surface area contributed by atoms with Gasteiger partial charge in [0.15, 0.2) is 10.2 Å². The molecule has 0 radical (unpaired) electrons. The number of ether oxygens (including phenoxy) is 1. The Morgan fingerprint density at radius 1 is 0.878 bits per heavy atom. The van der Waals surface area contributed by atoms with Crippen LogP contribution < -0.4 is 20.7 Å². The molecule has 0 aliphatic rings. The van der Waals surface area contributed by atoms with Gasteiger partial charge in [-0.2, -0.15) is 0 Å². The van der Waals surface area contributed by atoms with Crippen LogP contribution in [0.5, 0.6) is 5.75 Å². The second-order valence-electron chi connectivity index (χ2n) is 8.87. The van der Waals surface area contributed by atoms with Gasteiger partial charge in [0.05, 0.1) is 12.3 Å². The Balaban J connectivity index is 1.29. The maximum atomic E-state index is 13.6. The second-order valence-corrected chi connectivity index (χ2v) is 11.3. The van der Waals surface area contributed by atoms with E-state index in [0.29, 0.717) is 16.9 Å². The molecule has 0 bridgehead atoms. The summed E-state index contributed by atoms with van der Waals surface area (Å²) in [6, 6.07) is 35.1. The van der Waals surface area contributed by atoms with Gasteiger partial charge in [-0.25, -0.2) is 4.98 Å². The summed E-state index contributed by atoms with van der Waals surface area (Å²) in [4.78, 5) is 19.2. The number of benzene rings is 4. The topological polar surface area (TPSA) is 75.3 Å². The Morgan fingerprint density at radius 2 is 1.56 bits per heavy atom. The molecule has 5 rings (SSSR count). The van der Waals surface area contributed by atoms with Crippen LogP contribution in [0.4, 0.5) is 16.5 Å². The van der Waals surface area contributed by atoms with Crippen molar-refractivity contribution in [1.29, 1.82) is 0 Å². The van der Waals surface area contributed by atoms with Gasteiger partial charge in [-0.05, 0) is 79.3 Å². The Kier molecular flexibility index (Phi) is 9.64. The number of carbonyl (C=O) groups excluding carboxylic acids is 1. The molecule has 41 heavy (non-hydrogen) atoms. The van der Waals surface area contributed by atoms with Crippen LogP contribution in [0.1, 0.15) is 17.7 Å². The lowest BCUT2D eigenvalue weighted by atomic mass is 10.1. The molecular formula is C32H28N4O2S3. The lowest BCUT2D eigenvalue weighted by Gasteiger charge is -2.17. The summed E-state index contributed by atoms with van der Waals surface area (Å²) in [6.45, 7) is 2.57. The maximum absolute atomic E-state index is 13.6. The highest BCUT2D eigenvalue weighted by Crippen LogP contribution is 2.38. The number of rotatable bonds is 10. The molecule has 1 aromatic heterocycles. The molecule has 0 fully saturated rings. The van der Waals surface area contributed by atoms with Crippen LogP contribution in [-0.2, 0) is 4.79 Å². The molecule has 4 aromatic carbocycles. The summed E-state index contributed by atoms with van der Waals surface area (Å²) in [5, 5.41) is 11.9. The normalized spacial score (nSPS) is 11.3. The number of amides is 1. The molecule has 206 valence electrons. The molecular weight excluding hydrogens is 569 g/mol. The number of thiazole rings is 1. The molecule has 3 N–H and O–H groups in total. The smallest absolute Gasteiger partial charge is 0.244 e. The number of hydrogen-bond acceptors (Lipinski definition) is 6. The average molecular weight is 597 g/mol. The zero-order chi connectivity index (χ0) is 28.4. The highest BCUT2D eigenvalue weighted by molar-refractivity contribution is 8.00. The number of anilines is 3. The molecule has 0 spiro atoms. The highest BCUT2D eigenvalue weighted by Gasteiger charge is 2.23. The van der Waals surface area contributed by atoms with Crippen LogP contribution in [0.25, 0.3) is 11.3 Å². The standard InChI is InChI=1S/C32H28N4O2S3/c1-2-38-26-18-16-22(17-19-26)28-21-40-32(35-28)36-30(37)29(23-10-5-3-6-11-23)41-27-15-9-14-25(20-27)34-31(39)33-24-12-7-4-8-13-24/h3-21,29H,2H2,1H3,(H2,33,34,39)(H,35,36,37). The number of nitrogens with one attached hydrogen (secondary N) is 3. The van der Waals surface area contributed by atoms with Gasteiger partial charge < -0.3 is 20.7 Å². The summed E-state index contributed by atoms with van der Waals surface area (Å²) in [6.07, 6.45) is 0. The SMILES string of the molecule is CCOc1ccc(-c2csc(NC(=O)C(Sc3cccc(NC(=S)Nc4ccccc4)c3)c3ccccc3)n2)cc1. The number of para-hydroxylation sites is 1. The third-order valence-electron chi connectivity index (χ3n) is 5.91. The third-order valence-corrected chi connectivity index (χ3v) is 8.12. The summed E-state index contributed by atoms with van der Waals surface area (Å²) in [7, 11) is 0. The van der Waals surface area contributed by atoms with Crippen molar-refractivity contribution < 1.29 is 9.53 Å².